The number of hydrogen-bond donors (Lipinski definition) is 5. The van der Waals surface area contributed by atoms with E-state index in [9.17, 15) is 105 Å². The van der Waals surface area contributed by atoms with Crippen LogP contribution in [0.4, 0.5) is 93.0 Å². The molecule has 0 bridgehead atoms. The number of rotatable bonds is 13. The Morgan fingerprint density at radius 1 is 0.403 bits per heavy atom. The second kappa shape index (κ2) is 25.3. The van der Waals surface area contributed by atoms with E-state index < -0.39 is 161 Å². The van der Waals surface area contributed by atoms with E-state index in [0.29, 0.717) is 6.07 Å². The fourth-order valence-corrected chi connectivity index (χ4v) is 9.19. The molecule has 0 saturated heterocycles. The largest absolute Gasteiger partial charge is 0.504 e. The highest BCUT2D eigenvalue weighted by Gasteiger charge is 2.36. The molecular weight excluding hydrogens is 1150 g/mol. The molecule has 15 nitrogen and oxygen atoms in total. The number of methoxy groups -OCH3 is 3. The second-order valence-electron chi connectivity index (χ2n) is 13.8. The fraction of sp³-hybridized carbons (Fsp3) is 0.140. The Labute approximate surface area is 425 Å². The zero-order valence-corrected chi connectivity index (χ0v) is 39.4. The predicted molar refractivity (Wildman–Crippen MR) is 239 cm³/mol. The molecule has 6 rings (SSSR count). The summed E-state index contributed by atoms with van der Waals surface area (Å²) >= 11 is 0. The number of hydrogen-bond acceptors (Lipinski definition) is 11. The third-order valence-corrected chi connectivity index (χ3v) is 13.1. The normalized spacial score (nSPS) is 11.1. The Hall–Kier alpha value is -7.88. The molecule has 0 atom stereocenters. The summed E-state index contributed by atoms with van der Waals surface area (Å²) in [6, 6.07) is 8.87. The number of amides is 1. The lowest BCUT2D eigenvalue weighted by molar-refractivity contribution is -0.114. The van der Waals surface area contributed by atoms with Crippen LogP contribution in [0, 0.1) is 93.1 Å². The molecule has 6 aromatic rings. The maximum absolute atomic E-state index is 13.8. The van der Waals surface area contributed by atoms with Crippen molar-refractivity contribution < 1.29 is 120 Å². The summed E-state index contributed by atoms with van der Waals surface area (Å²) in [5, 5.41) is 11.8. The molecule has 0 radical (unpaired) electrons. The van der Waals surface area contributed by atoms with Gasteiger partial charge >= 0.3 is 0 Å². The predicted octanol–water partition coefficient (Wildman–Crippen LogP) is 10.6. The first-order chi connectivity index (χ1) is 34.7. The van der Waals surface area contributed by atoms with E-state index in [4.69, 9.17) is 9.47 Å². The number of benzene rings is 6. The quantitative estimate of drug-likeness (QED) is 0.0416. The van der Waals surface area contributed by atoms with Gasteiger partial charge in [0, 0.05) is 19.1 Å². The Morgan fingerprint density at radius 2 is 0.662 bits per heavy atom. The van der Waals surface area contributed by atoms with E-state index >= 15 is 0 Å². The topological polar surface area (TPSA) is 216 Å². The lowest BCUT2D eigenvalue weighted by Gasteiger charge is -2.14. The molecule has 0 aliphatic heterocycles. The van der Waals surface area contributed by atoms with Crippen LogP contribution in [-0.4, -0.2) is 57.6 Å². The number of anilines is 4. The highest BCUT2D eigenvalue weighted by molar-refractivity contribution is 7.93. The standard InChI is InChI=1S/C15H11F5N2O4S.C13H7F6NO3S.C13H8F5NO4S.2CH4/c1-6(23)21-8-5-7(3-4-9(8)26-2)22-27(24,25)15-13(19)11(17)10(16)12(18)14(15)20;1-23-7-3-2-5(4-6(7)14)20-24(21,22)13-11(18)9(16)8(15)10(17)12(13)19;1-23-7-3-2-5(4-6(7)20)19-24(21,22)13-11(17)9(15)8(14)10(16)12(13)18;;/h3-5,22H,1-2H3,(H,21,23);2-4,20H,1H3;2-4,19-20H,1H3;2*1H4. The van der Waals surface area contributed by atoms with E-state index in [1.54, 1.807) is 9.44 Å². The first-order valence-electron chi connectivity index (χ1n) is 19.0. The van der Waals surface area contributed by atoms with E-state index in [-0.39, 0.29) is 43.5 Å². The molecule has 34 heteroatoms. The van der Waals surface area contributed by atoms with Crippen LogP contribution in [0.3, 0.4) is 0 Å². The van der Waals surface area contributed by atoms with Gasteiger partial charge in [-0.1, -0.05) is 14.9 Å². The molecule has 0 fully saturated rings. The fourth-order valence-electron chi connectivity index (χ4n) is 5.62. The van der Waals surface area contributed by atoms with E-state index in [0.717, 1.165) is 56.5 Å². The van der Waals surface area contributed by atoms with Crippen molar-refractivity contribution in [3.8, 4) is 23.0 Å². The number of phenolic OH excluding ortho intramolecular Hbond substituents is 1. The highest BCUT2D eigenvalue weighted by Crippen LogP contribution is 2.35. The van der Waals surface area contributed by atoms with Gasteiger partial charge in [0.25, 0.3) is 30.1 Å². The Bertz CT molecular complexity index is 3360. The van der Waals surface area contributed by atoms with Gasteiger partial charge in [-0.15, -0.1) is 0 Å². The third-order valence-electron chi connectivity index (χ3n) is 8.91. The molecule has 0 spiro atoms. The summed E-state index contributed by atoms with van der Waals surface area (Å²) in [4.78, 5) is 5.03. The molecule has 0 aliphatic rings. The van der Waals surface area contributed by atoms with Crippen LogP contribution < -0.4 is 33.7 Å². The van der Waals surface area contributed by atoms with E-state index in [1.807, 2.05) is 0 Å². The molecule has 1 amide bonds. The Balaban J connectivity index is 0.000000391. The second-order valence-corrected chi connectivity index (χ2v) is 18.7. The van der Waals surface area contributed by atoms with Crippen molar-refractivity contribution in [2.45, 2.75) is 36.5 Å². The Kier molecular flexibility index (Phi) is 21.4. The number of aromatic hydroxyl groups is 1. The van der Waals surface area contributed by atoms with Gasteiger partial charge in [-0.3, -0.25) is 19.0 Å². The molecule has 0 aromatic heterocycles. The van der Waals surface area contributed by atoms with Gasteiger partial charge in [0.1, 0.15) is 5.75 Å². The lowest BCUT2D eigenvalue weighted by Crippen LogP contribution is -2.19. The van der Waals surface area contributed by atoms with Crippen LogP contribution in [0.15, 0.2) is 69.3 Å². The first kappa shape index (κ1) is 65.2. The van der Waals surface area contributed by atoms with Gasteiger partial charge in [-0.05, 0) is 42.5 Å². The van der Waals surface area contributed by atoms with Gasteiger partial charge in [0.15, 0.2) is 108 Å². The van der Waals surface area contributed by atoms with Gasteiger partial charge < -0.3 is 24.6 Å². The van der Waals surface area contributed by atoms with Crippen molar-refractivity contribution >= 4 is 58.7 Å². The summed E-state index contributed by atoms with van der Waals surface area (Å²) in [6.45, 7) is 1.16. The summed E-state index contributed by atoms with van der Waals surface area (Å²) in [5.41, 5.74) is -1.24. The number of nitrogens with one attached hydrogen (secondary N) is 4. The van der Waals surface area contributed by atoms with Gasteiger partial charge in [-0.25, -0.2) is 95.5 Å². The minimum absolute atomic E-state index is 0. The van der Waals surface area contributed by atoms with Crippen molar-refractivity contribution in [1.82, 2.24) is 0 Å². The van der Waals surface area contributed by atoms with Gasteiger partial charge in [0.2, 0.25) is 23.4 Å². The number of halogens is 16. The summed E-state index contributed by atoms with van der Waals surface area (Å²) < 4.78 is 304. The summed E-state index contributed by atoms with van der Waals surface area (Å²) in [5.74, 6) is -39.2. The minimum atomic E-state index is -5.23. The SMILES string of the molecule is C.C.COc1ccc(NS(=O)(=O)c2c(F)c(F)c(F)c(F)c2F)cc1F.COc1ccc(NS(=O)(=O)c2c(F)c(F)c(F)c(F)c2F)cc1NC(C)=O.COc1ccc(NS(=O)(=O)c2c(F)c(F)c(F)c(F)c2F)cc1O. The van der Waals surface area contributed by atoms with E-state index in [1.165, 1.54) is 25.0 Å². The van der Waals surface area contributed by atoms with Crippen molar-refractivity contribution in [3.05, 3.63) is 148 Å². The van der Waals surface area contributed by atoms with Crippen molar-refractivity contribution in [2.24, 2.45) is 0 Å². The van der Waals surface area contributed by atoms with Crippen LogP contribution in [0.5, 0.6) is 23.0 Å². The molecule has 5 N–H and O–H groups in total. The zero-order valence-electron chi connectivity index (χ0n) is 37.0. The average Bonchev–Trinajstić information content (AvgIpc) is 3.32. The van der Waals surface area contributed by atoms with Crippen molar-refractivity contribution in [1.29, 1.82) is 0 Å². The van der Waals surface area contributed by atoms with Crippen LogP contribution in [0.2, 0.25) is 0 Å². The van der Waals surface area contributed by atoms with Crippen LogP contribution in [0.1, 0.15) is 21.8 Å². The molecule has 0 unspecified atom stereocenters. The third kappa shape index (κ3) is 13.9. The zero-order chi connectivity index (χ0) is 57.0. The molecule has 0 heterocycles. The molecule has 0 aliphatic carbocycles. The minimum Gasteiger partial charge on any atom is -0.504 e. The number of carbonyl (C=O) groups excluding carboxylic acids is 1. The van der Waals surface area contributed by atoms with Crippen LogP contribution in [0.25, 0.3) is 0 Å². The number of carbonyl (C=O) groups is 1. The number of ether oxygens (including phenoxy) is 3. The number of sulfonamides is 3. The molecule has 6 aromatic carbocycles. The summed E-state index contributed by atoms with van der Waals surface area (Å²) in [7, 11) is -12.0. The molecule has 0 saturated carbocycles. The highest BCUT2D eigenvalue weighted by atomic mass is 32.2. The first-order valence-corrected chi connectivity index (χ1v) is 23.4. The van der Waals surface area contributed by atoms with Crippen LogP contribution >= 0.6 is 0 Å². The monoisotopic (exact) mass is 1180 g/mol. The van der Waals surface area contributed by atoms with Crippen LogP contribution in [-0.2, 0) is 34.9 Å². The van der Waals surface area contributed by atoms with Crippen molar-refractivity contribution in [3.63, 3.8) is 0 Å². The van der Waals surface area contributed by atoms with Gasteiger partial charge in [-0.2, -0.15) is 0 Å². The van der Waals surface area contributed by atoms with Gasteiger partial charge in [0.05, 0.1) is 44.1 Å². The summed E-state index contributed by atoms with van der Waals surface area (Å²) in [6.07, 6.45) is 0. The number of phenols is 1. The molecule has 77 heavy (non-hydrogen) atoms. The molecule has 422 valence electrons. The smallest absolute Gasteiger partial charge is 0.267 e. The maximum Gasteiger partial charge on any atom is 0.267 e. The lowest BCUT2D eigenvalue weighted by atomic mass is 10.2. The van der Waals surface area contributed by atoms with Crippen molar-refractivity contribution in [2.75, 3.05) is 40.8 Å². The Morgan fingerprint density at radius 3 is 0.935 bits per heavy atom. The van der Waals surface area contributed by atoms with E-state index in [2.05, 4.69) is 10.1 Å². The maximum atomic E-state index is 13.8. The average molecular weight is 1180 g/mol. The molecular formula is C43H34F16N4O11S3.